The van der Waals surface area contributed by atoms with E-state index in [4.69, 9.17) is 10.00 Å². The van der Waals surface area contributed by atoms with Crippen LogP contribution in [0.4, 0.5) is 0 Å². The van der Waals surface area contributed by atoms with Crippen LogP contribution in [-0.4, -0.2) is 25.8 Å². The summed E-state index contributed by atoms with van der Waals surface area (Å²) in [5.41, 5.74) is -0.265. The Labute approximate surface area is 80.1 Å². The first-order valence-electron chi connectivity index (χ1n) is 4.88. The third-order valence-electron chi connectivity index (χ3n) is 2.27. The normalized spacial score (nSPS) is 23.0. The van der Waals surface area contributed by atoms with E-state index in [0.717, 1.165) is 26.1 Å². The van der Waals surface area contributed by atoms with Crippen LogP contribution in [-0.2, 0) is 4.74 Å². The monoisotopic (exact) mass is 182 g/mol. The Hall–Kier alpha value is -0.590. The van der Waals surface area contributed by atoms with E-state index in [0.29, 0.717) is 6.10 Å². The number of nitrogens with one attached hydrogen (secondary N) is 1. The minimum Gasteiger partial charge on any atom is -0.377 e. The Balaban J connectivity index is 2.10. The lowest BCUT2D eigenvalue weighted by Crippen LogP contribution is -2.33. The van der Waals surface area contributed by atoms with Gasteiger partial charge >= 0.3 is 0 Å². The van der Waals surface area contributed by atoms with Gasteiger partial charge in [-0.2, -0.15) is 5.26 Å². The fraction of sp³-hybridized carbons (Fsp3) is 0.900. The largest absolute Gasteiger partial charge is 0.377 e. The van der Waals surface area contributed by atoms with Crippen LogP contribution in [0, 0.1) is 16.7 Å². The molecule has 1 rings (SSSR count). The Morgan fingerprint density at radius 2 is 2.38 bits per heavy atom. The second kappa shape index (κ2) is 4.59. The molecule has 13 heavy (non-hydrogen) atoms. The van der Waals surface area contributed by atoms with Crippen molar-refractivity contribution in [3.63, 3.8) is 0 Å². The van der Waals surface area contributed by atoms with Gasteiger partial charge in [-0.1, -0.05) is 0 Å². The second-order valence-corrected chi connectivity index (χ2v) is 4.26. The Morgan fingerprint density at radius 1 is 1.62 bits per heavy atom. The van der Waals surface area contributed by atoms with E-state index >= 15 is 0 Å². The fourth-order valence-corrected chi connectivity index (χ4v) is 1.39. The Morgan fingerprint density at radius 3 is 2.92 bits per heavy atom. The zero-order valence-corrected chi connectivity index (χ0v) is 8.47. The molecule has 1 saturated heterocycles. The van der Waals surface area contributed by atoms with Crippen molar-refractivity contribution >= 4 is 0 Å². The molecule has 74 valence electrons. The molecule has 0 aromatic carbocycles. The molecular formula is C10H18N2O. The number of nitriles is 1. The molecule has 1 atom stereocenters. The van der Waals surface area contributed by atoms with Gasteiger partial charge in [0.15, 0.2) is 0 Å². The van der Waals surface area contributed by atoms with E-state index in [-0.39, 0.29) is 5.41 Å². The predicted octanol–water partition coefficient (Wildman–Crippen LogP) is 1.30. The summed E-state index contributed by atoms with van der Waals surface area (Å²) in [5.74, 6) is 0. The van der Waals surface area contributed by atoms with Crippen molar-refractivity contribution in [1.82, 2.24) is 5.32 Å². The molecule has 1 aliphatic heterocycles. The maximum absolute atomic E-state index is 8.76. The molecule has 1 fully saturated rings. The molecule has 0 aromatic heterocycles. The molecule has 1 N–H and O–H groups in total. The average molecular weight is 182 g/mol. The first-order valence-corrected chi connectivity index (χ1v) is 4.88. The summed E-state index contributed by atoms with van der Waals surface area (Å²) in [5, 5.41) is 12.0. The van der Waals surface area contributed by atoms with Crippen LogP contribution in [0.5, 0.6) is 0 Å². The minimum atomic E-state index is -0.265. The van der Waals surface area contributed by atoms with Gasteiger partial charge < -0.3 is 10.1 Å². The average Bonchev–Trinajstić information content (AvgIpc) is 2.57. The van der Waals surface area contributed by atoms with Crippen molar-refractivity contribution in [3.05, 3.63) is 0 Å². The first kappa shape index (κ1) is 10.5. The SMILES string of the molecule is CC(C)(C#N)CNCC1CCCO1. The third-order valence-corrected chi connectivity index (χ3v) is 2.27. The highest BCUT2D eigenvalue weighted by molar-refractivity contribution is 4.93. The van der Waals surface area contributed by atoms with Crippen LogP contribution in [0.15, 0.2) is 0 Å². The van der Waals surface area contributed by atoms with Crippen molar-refractivity contribution in [1.29, 1.82) is 5.26 Å². The van der Waals surface area contributed by atoms with Crippen molar-refractivity contribution in [2.75, 3.05) is 19.7 Å². The second-order valence-electron chi connectivity index (χ2n) is 4.26. The summed E-state index contributed by atoms with van der Waals surface area (Å²) < 4.78 is 5.46. The number of rotatable bonds is 4. The Kier molecular flexibility index (Phi) is 3.71. The van der Waals surface area contributed by atoms with Gasteiger partial charge in [0.25, 0.3) is 0 Å². The van der Waals surface area contributed by atoms with Crippen molar-refractivity contribution in [2.45, 2.75) is 32.8 Å². The Bertz CT molecular complexity index is 190. The molecule has 0 saturated carbocycles. The van der Waals surface area contributed by atoms with E-state index in [1.54, 1.807) is 0 Å². The lowest BCUT2D eigenvalue weighted by molar-refractivity contribution is 0.108. The zero-order chi connectivity index (χ0) is 9.73. The van der Waals surface area contributed by atoms with Gasteiger partial charge in [-0.3, -0.25) is 0 Å². The first-order chi connectivity index (χ1) is 6.14. The molecule has 3 nitrogen and oxygen atoms in total. The third kappa shape index (κ3) is 3.75. The highest BCUT2D eigenvalue weighted by Crippen LogP contribution is 2.13. The molecule has 1 heterocycles. The number of hydrogen-bond donors (Lipinski definition) is 1. The molecule has 3 heteroatoms. The van der Waals surface area contributed by atoms with Gasteiger partial charge in [0.05, 0.1) is 17.6 Å². The molecule has 0 spiro atoms. The van der Waals surface area contributed by atoms with Crippen LogP contribution in [0.25, 0.3) is 0 Å². The summed E-state index contributed by atoms with van der Waals surface area (Å²) in [6.45, 7) is 6.40. The van der Waals surface area contributed by atoms with Gasteiger partial charge in [0, 0.05) is 19.7 Å². The van der Waals surface area contributed by atoms with Crippen LogP contribution >= 0.6 is 0 Å². The minimum absolute atomic E-state index is 0.265. The molecule has 0 aromatic rings. The highest BCUT2D eigenvalue weighted by atomic mass is 16.5. The van der Waals surface area contributed by atoms with Gasteiger partial charge in [0.1, 0.15) is 0 Å². The lowest BCUT2D eigenvalue weighted by Gasteiger charge is -2.17. The van der Waals surface area contributed by atoms with Crippen LogP contribution in [0.2, 0.25) is 0 Å². The summed E-state index contributed by atoms with van der Waals surface area (Å²) in [6.07, 6.45) is 2.70. The predicted molar refractivity (Wildman–Crippen MR) is 51.2 cm³/mol. The van der Waals surface area contributed by atoms with E-state index in [1.165, 1.54) is 6.42 Å². The number of ether oxygens (including phenoxy) is 1. The smallest absolute Gasteiger partial charge is 0.0700 e. The van der Waals surface area contributed by atoms with Crippen LogP contribution in [0.3, 0.4) is 0 Å². The van der Waals surface area contributed by atoms with E-state index in [9.17, 15) is 0 Å². The summed E-state index contributed by atoms with van der Waals surface area (Å²) in [4.78, 5) is 0. The zero-order valence-electron chi connectivity index (χ0n) is 8.47. The maximum atomic E-state index is 8.76. The quantitative estimate of drug-likeness (QED) is 0.713. The standard InChI is InChI=1S/C10H18N2O/c1-10(2,7-11)8-12-6-9-4-3-5-13-9/h9,12H,3-6,8H2,1-2H3. The lowest BCUT2D eigenvalue weighted by atomic mass is 9.96. The summed E-state index contributed by atoms with van der Waals surface area (Å²) in [6, 6.07) is 2.26. The maximum Gasteiger partial charge on any atom is 0.0700 e. The molecule has 0 bridgehead atoms. The molecule has 0 radical (unpaired) electrons. The number of hydrogen-bond acceptors (Lipinski definition) is 3. The van der Waals surface area contributed by atoms with E-state index in [2.05, 4.69) is 11.4 Å². The fourth-order valence-electron chi connectivity index (χ4n) is 1.39. The van der Waals surface area contributed by atoms with Crippen molar-refractivity contribution in [2.24, 2.45) is 5.41 Å². The molecule has 0 aliphatic carbocycles. The van der Waals surface area contributed by atoms with Crippen LogP contribution in [0.1, 0.15) is 26.7 Å². The van der Waals surface area contributed by atoms with Gasteiger partial charge in [-0.05, 0) is 26.7 Å². The van der Waals surface area contributed by atoms with Crippen molar-refractivity contribution < 1.29 is 4.74 Å². The topological polar surface area (TPSA) is 45.0 Å². The van der Waals surface area contributed by atoms with E-state index < -0.39 is 0 Å². The highest BCUT2D eigenvalue weighted by Gasteiger charge is 2.19. The molecule has 1 unspecified atom stereocenters. The molecular weight excluding hydrogens is 164 g/mol. The van der Waals surface area contributed by atoms with E-state index in [1.807, 2.05) is 13.8 Å². The molecule has 1 aliphatic rings. The summed E-state index contributed by atoms with van der Waals surface area (Å²) in [7, 11) is 0. The number of nitrogens with zero attached hydrogens (tertiary/aromatic N) is 1. The van der Waals surface area contributed by atoms with Gasteiger partial charge in [-0.15, -0.1) is 0 Å². The van der Waals surface area contributed by atoms with Crippen LogP contribution < -0.4 is 5.32 Å². The van der Waals surface area contributed by atoms with Gasteiger partial charge in [-0.25, -0.2) is 0 Å². The van der Waals surface area contributed by atoms with Crippen molar-refractivity contribution in [3.8, 4) is 6.07 Å². The molecule has 0 amide bonds. The van der Waals surface area contributed by atoms with Gasteiger partial charge in [0.2, 0.25) is 0 Å². The summed E-state index contributed by atoms with van der Waals surface area (Å²) >= 11 is 0.